The molecule has 3 N–H and O–H groups in total. The predicted molar refractivity (Wildman–Crippen MR) is 92.2 cm³/mol. The number of hydrogen-bond acceptors (Lipinski definition) is 2. The first kappa shape index (κ1) is 17.0. The van der Waals surface area contributed by atoms with Crippen molar-refractivity contribution >= 4 is 29.9 Å². The fraction of sp³-hybridized carbons (Fsp3) is 0.929. The number of nitrogens with zero attached hydrogens (tertiary/aromatic N) is 2. The van der Waals surface area contributed by atoms with Gasteiger partial charge in [0.1, 0.15) is 0 Å². The number of hydrogen-bond donors (Lipinski definition) is 2. The second-order valence-electron chi connectivity index (χ2n) is 5.65. The number of guanidine groups is 1. The second kappa shape index (κ2) is 9.80. The van der Waals surface area contributed by atoms with Gasteiger partial charge in [-0.05, 0) is 38.8 Å². The maximum absolute atomic E-state index is 5.94. The number of nitrogens with one attached hydrogen (secondary N) is 1. The smallest absolute Gasteiger partial charge is 0.188 e. The Bertz CT molecular complexity index is 258. The summed E-state index contributed by atoms with van der Waals surface area (Å²) in [7, 11) is 0. The lowest BCUT2D eigenvalue weighted by molar-refractivity contribution is 0.235. The summed E-state index contributed by atoms with van der Waals surface area (Å²) in [5, 5.41) is 3.37. The highest BCUT2D eigenvalue weighted by atomic mass is 127. The van der Waals surface area contributed by atoms with Crippen LogP contribution in [0.4, 0.5) is 0 Å². The first-order valence-corrected chi connectivity index (χ1v) is 7.63. The monoisotopic (exact) mass is 380 g/mol. The van der Waals surface area contributed by atoms with E-state index in [1.54, 1.807) is 0 Å². The molecular formula is C14H29IN4. The largest absolute Gasteiger partial charge is 0.370 e. The summed E-state index contributed by atoms with van der Waals surface area (Å²) in [4.78, 5) is 6.95. The second-order valence-corrected chi connectivity index (χ2v) is 5.65. The van der Waals surface area contributed by atoms with E-state index in [0.717, 1.165) is 13.1 Å². The Morgan fingerprint density at radius 1 is 1.05 bits per heavy atom. The lowest BCUT2D eigenvalue weighted by Gasteiger charge is -2.26. The summed E-state index contributed by atoms with van der Waals surface area (Å²) in [6.07, 6.45) is 10.6. The molecule has 1 saturated carbocycles. The van der Waals surface area contributed by atoms with Gasteiger partial charge in [-0.2, -0.15) is 0 Å². The van der Waals surface area contributed by atoms with Crippen molar-refractivity contribution in [3.8, 4) is 0 Å². The van der Waals surface area contributed by atoms with Crippen LogP contribution < -0.4 is 11.1 Å². The maximum Gasteiger partial charge on any atom is 0.188 e. The van der Waals surface area contributed by atoms with Crippen LogP contribution in [0.5, 0.6) is 0 Å². The normalized spacial score (nSPS) is 22.8. The van der Waals surface area contributed by atoms with E-state index in [-0.39, 0.29) is 24.0 Å². The predicted octanol–water partition coefficient (Wildman–Crippen LogP) is 2.33. The molecule has 5 heteroatoms. The molecule has 2 rings (SSSR count). The van der Waals surface area contributed by atoms with Gasteiger partial charge >= 0.3 is 0 Å². The molecule has 1 aliphatic carbocycles. The van der Waals surface area contributed by atoms with Gasteiger partial charge in [0.15, 0.2) is 5.96 Å². The molecule has 1 heterocycles. The van der Waals surface area contributed by atoms with Gasteiger partial charge in [0.05, 0.1) is 6.54 Å². The van der Waals surface area contributed by atoms with Crippen LogP contribution in [0.1, 0.15) is 51.4 Å². The summed E-state index contributed by atoms with van der Waals surface area (Å²) in [6.45, 7) is 4.38. The van der Waals surface area contributed by atoms with Crippen molar-refractivity contribution in [2.45, 2.75) is 57.4 Å². The summed E-state index contributed by atoms with van der Waals surface area (Å²) in [5.74, 6) is 0.652. The van der Waals surface area contributed by atoms with Crippen LogP contribution in [0.15, 0.2) is 4.99 Å². The van der Waals surface area contributed by atoms with E-state index >= 15 is 0 Å². The van der Waals surface area contributed by atoms with E-state index in [2.05, 4.69) is 15.2 Å². The summed E-state index contributed by atoms with van der Waals surface area (Å²) in [6, 6.07) is 0.567. The van der Waals surface area contributed by atoms with E-state index in [0.29, 0.717) is 12.0 Å². The van der Waals surface area contributed by atoms with Gasteiger partial charge in [-0.15, -0.1) is 24.0 Å². The molecular weight excluding hydrogens is 351 g/mol. The van der Waals surface area contributed by atoms with Crippen LogP contribution in [0.2, 0.25) is 0 Å². The summed E-state index contributed by atoms with van der Waals surface area (Å²) >= 11 is 0. The third-order valence-electron chi connectivity index (χ3n) is 4.10. The van der Waals surface area contributed by atoms with Gasteiger partial charge < -0.3 is 16.0 Å². The van der Waals surface area contributed by atoms with Crippen LogP contribution in [-0.2, 0) is 0 Å². The molecule has 1 saturated heterocycles. The van der Waals surface area contributed by atoms with Crippen molar-refractivity contribution in [3.63, 3.8) is 0 Å². The summed E-state index contributed by atoms with van der Waals surface area (Å²) < 4.78 is 0. The molecule has 0 bridgehead atoms. The molecule has 0 aromatic rings. The van der Waals surface area contributed by atoms with E-state index in [9.17, 15) is 0 Å². The first-order valence-electron chi connectivity index (χ1n) is 7.63. The average Bonchev–Trinajstić information content (AvgIpc) is 2.41. The first-order chi connectivity index (χ1) is 8.84. The fourth-order valence-corrected chi connectivity index (χ4v) is 3.00. The van der Waals surface area contributed by atoms with Crippen molar-refractivity contribution in [1.29, 1.82) is 0 Å². The standard InChI is InChI=1S/C14H28N4.HI/c15-14(17-13-7-3-1-4-8-13)16-9-12-18-10-5-2-6-11-18;/h13H,1-12H2,(H3,15,16,17);1H. The third-order valence-corrected chi connectivity index (χ3v) is 4.10. The zero-order valence-corrected chi connectivity index (χ0v) is 14.3. The minimum Gasteiger partial charge on any atom is -0.370 e. The number of aliphatic imine (C=N–C) groups is 1. The molecule has 0 unspecified atom stereocenters. The molecule has 19 heavy (non-hydrogen) atoms. The Balaban J connectivity index is 0.00000180. The molecule has 2 aliphatic rings. The van der Waals surface area contributed by atoms with Crippen molar-refractivity contribution in [1.82, 2.24) is 10.2 Å². The molecule has 2 fully saturated rings. The highest BCUT2D eigenvalue weighted by molar-refractivity contribution is 14.0. The maximum atomic E-state index is 5.94. The van der Waals surface area contributed by atoms with Gasteiger partial charge in [-0.1, -0.05) is 25.7 Å². The minimum absolute atomic E-state index is 0. The Labute approximate surface area is 134 Å². The van der Waals surface area contributed by atoms with E-state index in [4.69, 9.17) is 5.73 Å². The van der Waals surface area contributed by atoms with Crippen molar-refractivity contribution in [3.05, 3.63) is 0 Å². The van der Waals surface area contributed by atoms with Crippen LogP contribution in [0, 0.1) is 0 Å². The van der Waals surface area contributed by atoms with E-state index in [1.807, 2.05) is 0 Å². The average molecular weight is 380 g/mol. The highest BCUT2D eigenvalue weighted by Crippen LogP contribution is 2.17. The third kappa shape index (κ3) is 6.79. The van der Waals surface area contributed by atoms with Gasteiger partial charge in [0.2, 0.25) is 0 Å². The molecule has 0 aromatic heterocycles. The number of nitrogens with two attached hydrogens (primary N) is 1. The van der Waals surface area contributed by atoms with Crippen LogP contribution in [0.3, 0.4) is 0 Å². The number of likely N-dealkylation sites (tertiary alicyclic amines) is 1. The molecule has 0 amide bonds. The molecule has 4 nitrogen and oxygen atoms in total. The molecule has 0 aromatic carbocycles. The zero-order valence-electron chi connectivity index (χ0n) is 11.9. The molecule has 112 valence electrons. The Morgan fingerprint density at radius 2 is 1.68 bits per heavy atom. The SMILES string of the molecule is I.NC(=NCCN1CCCCC1)NC1CCCCC1. The quantitative estimate of drug-likeness (QED) is 0.447. The van der Waals surface area contributed by atoms with E-state index < -0.39 is 0 Å². The highest BCUT2D eigenvalue weighted by Gasteiger charge is 2.13. The van der Waals surface area contributed by atoms with Gasteiger partial charge in [0, 0.05) is 12.6 Å². The Hall–Kier alpha value is -0.0400. The Kier molecular flexibility index (Phi) is 8.77. The molecule has 0 spiro atoms. The van der Waals surface area contributed by atoms with Crippen LogP contribution >= 0.6 is 24.0 Å². The lowest BCUT2D eigenvalue weighted by Crippen LogP contribution is -2.41. The lowest BCUT2D eigenvalue weighted by atomic mass is 9.96. The summed E-state index contributed by atoms with van der Waals surface area (Å²) in [5.41, 5.74) is 5.94. The van der Waals surface area contributed by atoms with Crippen LogP contribution in [-0.4, -0.2) is 43.1 Å². The topological polar surface area (TPSA) is 53.6 Å². The van der Waals surface area contributed by atoms with Crippen molar-refractivity contribution < 1.29 is 0 Å². The van der Waals surface area contributed by atoms with Gasteiger partial charge in [-0.25, -0.2) is 0 Å². The van der Waals surface area contributed by atoms with Gasteiger partial charge in [-0.3, -0.25) is 4.99 Å². The zero-order chi connectivity index (χ0) is 12.6. The Morgan fingerprint density at radius 3 is 2.37 bits per heavy atom. The van der Waals surface area contributed by atoms with Gasteiger partial charge in [0.25, 0.3) is 0 Å². The molecule has 0 atom stereocenters. The number of rotatable bonds is 4. The van der Waals surface area contributed by atoms with Crippen LogP contribution in [0.25, 0.3) is 0 Å². The van der Waals surface area contributed by atoms with Crippen molar-refractivity contribution in [2.24, 2.45) is 10.7 Å². The molecule has 0 radical (unpaired) electrons. The molecule has 1 aliphatic heterocycles. The minimum atomic E-state index is 0. The number of halogens is 1. The number of piperidine rings is 1. The fourth-order valence-electron chi connectivity index (χ4n) is 3.00. The van der Waals surface area contributed by atoms with E-state index in [1.165, 1.54) is 64.5 Å². The van der Waals surface area contributed by atoms with Crippen molar-refractivity contribution in [2.75, 3.05) is 26.2 Å².